The second kappa shape index (κ2) is 5.61. The molecule has 108 valence electrons. The van der Waals surface area contributed by atoms with Crippen LogP contribution in [0, 0.1) is 0 Å². The van der Waals surface area contributed by atoms with Gasteiger partial charge in [-0.1, -0.05) is 6.92 Å². The van der Waals surface area contributed by atoms with Crippen LogP contribution >= 0.6 is 0 Å². The highest BCUT2D eigenvalue weighted by molar-refractivity contribution is 5.90. The zero-order valence-electron chi connectivity index (χ0n) is 11.7. The number of rotatable bonds is 2. The Bertz CT molecular complexity index is 504. The van der Waals surface area contributed by atoms with E-state index in [4.69, 9.17) is 9.47 Å². The summed E-state index contributed by atoms with van der Waals surface area (Å²) in [5.74, 6) is 1.42. The van der Waals surface area contributed by atoms with Gasteiger partial charge in [-0.25, -0.2) is 4.79 Å². The summed E-state index contributed by atoms with van der Waals surface area (Å²) in [5, 5.41) is 2.96. The first-order valence-electron chi connectivity index (χ1n) is 7.25. The zero-order chi connectivity index (χ0) is 13.9. The van der Waals surface area contributed by atoms with E-state index in [1.807, 2.05) is 23.1 Å². The van der Waals surface area contributed by atoms with E-state index in [2.05, 4.69) is 12.2 Å². The molecule has 1 fully saturated rings. The third-order valence-electron chi connectivity index (χ3n) is 3.98. The first-order chi connectivity index (χ1) is 9.78. The van der Waals surface area contributed by atoms with E-state index in [0.717, 1.165) is 37.2 Å². The third-order valence-corrected chi connectivity index (χ3v) is 3.98. The molecule has 20 heavy (non-hydrogen) atoms. The van der Waals surface area contributed by atoms with Crippen LogP contribution in [0.3, 0.4) is 0 Å². The fourth-order valence-corrected chi connectivity index (χ4v) is 2.86. The summed E-state index contributed by atoms with van der Waals surface area (Å²) >= 11 is 0. The standard InChI is InChI=1S/C15H20N2O3/c1-2-12-5-3-4-8-17(12)15(18)16-11-6-7-13-14(9-11)20-10-19-13/h6-7,9,12H,2-5,8,10H2,1H3,(H,16,18)/t12-/m1/s1. The minimum absolute atomic E-state index is 0.0181. The Labute approximate surface area is 118 Å². The van der Waals surface area contributed by atoms with Crippen molar-refractivity contribution in [3.63, 3.8) is 0 Å². The number of urea groups is 1. The van der Waals surface area contributed by atoms with E-state index in [9.17, 15) is 4.79 Å². The minimum Gasteiger partial charge on any atom is -0.454 e. The molecule has 2 heterocycles. The normalized spacial score (nSPS) is 20.9. The molecule has 1 aromatic carbocycles. The number of ether oxygens (including phenoxy) is 2. The van der Waals surface area contributed by atoms with E-state index < -0.39 is 0 Å². The number of hydrogen-bond donors (Lipinski definition) is 1. The molecule has 0 bridgehead atoms. The molecular weight excluding hydrogens is 256 g/mol. The third kappa shape index (κ3) is 2.53. The van der Waals surface area contributed by atoms with Crippen LogP contribution in [-0.4, -0.2) is 30.3 Å². The summed E-state index contributed by atoms with van der Waals surface area (Å²) in [6.07, 6.45) is 4.41. The lowest BCUT2D eigenvalue weighted by molar-refractivity contribution is 0.160. The van der Waals surface area contributed by atoms with E-state index in [1.165, 1.54) is 6.42 Å². The van der Waals surface area contributed by atoms with Gasteiger partial charge in [-0.3, -0.25) is 0 Å². The number of carbonyl (C=O) groups excluding carboxylic acids is 1. The fourth-order valence-electron chi connectivity index (χ4n) is 2.86. The first-order valence-corrected chi connectivity index (χ1v) is 7.25. The molecule has 2 amide bonds. The van der Waals surface area contributed by atoms with Crippen LogP contribution in [0.25, 0.3) is 0 Å². The molecule has 3 rings (SSSR count). The van der Waals surface area contributed by atoms with Gasteiger partial charge in [0.2, 0.25) is 6.79 Å². The number of carbonyl (C=O) groups is 1. The van der Waals surface area contributed by atoms with Gasteiger partial charge in [-0.2, -0.15) is 0 Å². The van der Waals surface area contributed by atoms with Crippen molar-refractivity contribution < 1.29 is 14.3 Å². The fraction of sp³-hybridized carbons (Fsp3) is 0.533. The minimum atomic E-state index is -0.0181. The van der Waals surface area contributed by atoms with Gasteiger partial charge >= 0.3 is 6.03 Å². The van der Waals surface area contributed by atoms with Crippen LogP contribution in [0.2, 0.25) is 0 Å². The van der Waals surface area contributed by atoms with Gasteiger partial charge in [-0.15, -0.1) is 0 Å². The Morgan fingerprint density at radius 3 is 3.05 bits per heavy atom. The SMILES string of the molecule is CC[C@@H]1CCCCN1C(=O)Nc1ccc2c(c1)OCO2. The Balaban J connectivity index is 1.69. The lowest BCUT2D eigenvalue weighted by Gasteiger charge is -2.35. The zero-order valence-corrected chi connectivity index (χ0v) is 11.7. The molecule has 0 unspecified atom stereocenters. The molecule has 0 radical (unpaired) electrons. The van der Waals surface area contributed by atoms with Crippen molar-refractivity contribution in [1.82, 2.24) is 4.90 Å². The second-order valence-corrected chi connectivity index (χ2v) is 5.25. The van der Waals surface area contributed by atoms with Gasteiger partial charge in [0.05, 0.1) is 0 Å². The predicted octanol–water partition coefficient (Wildman–Crippen LogP) is 3.21. The van der Waals surface area contributed by atoms with E-state index in [1.54, 1.807) is 0 Å². The molecule has 0 spiro atoms. The lowest BCUT2D eigenvalue weighted by Crippen LogP contribution is -2.45. The van der Waals surface area contributed by atoms with E-state index >= 15 is 0 Å². The van der Waals surface area contributed by atoms with Crippen molar-refractivity contribution in [3.8, 4) is 11.5 Å². The van der Waals surface area contributed by atoms with E-state index in [-0.39, 0.29) is 12.8 Å². The maximum absolute atomic E-state index is 12.4. The summed E-state index contributed by atoms with van der Waals surface area (Å²) in [6, 6.07) is 5.82. The molecule has 5 nitrogen and oxygen atoms in total. The number of anilines is 1. The van der Waals surface area contributed by atoms with Crippen molar-refractivity contribution in [2.45, 2.75) is 38.6 Å². The molecular formula is C15H20N2O3. The van der Waals surface area contributed by atoms with Crippen LogP contribution in [0.4, 0.5) is 10.5 Å². The van der Waals surface area contributed by atoms with Crippen molar-refractivity contribution >= 4 is 11.7 Å². The van der Waals surface area contributed by atoms with E-state index in [0.29, 0.717) is 11.8 Å². The van der Waals surface area contributed by atoms with Crippen molar-refractivity contribution in [2.24, 2.45) is 0 Å². The highest BCUT2D eigenvalue weighted by Gasteiger charge is 2.25. The number of benzene rings is 1. The summed E-state index contributed by atoms with van der Waals surface area (Å²) in [5.41, 5.74) is 0.750. The summed E-state index contributed by atoms with van der Waals surface area (Å²) in [6.45, 7) is 3.22. The topological polar surface area (TPSA) is 50.8 Å². The maximum Gasteiger partial charge on any atom is 0.322 e. The summed E-state index contributed by atoms with van der Waals surface area (Å²) < 4.78 is 10.6. The predicted molar refractivity (Wildman–Crippen MR) is 76.2 cm³/mol. The Morgan fingerprint density at radius 2 is 2.20 bits per heavy atom. The van der Waals surface area contributed by atoms with Gasteiger partial charge in [0.1, 0.15) is 0 Å². The van der Waals surface area contributed by atoms with Gasteiger partial charge in [0.25, 0.3) is 0 Å². The van der Waals surface area contributed by atoms with Crippen LogP contribution in [0.1, 0.15) is 32.6 Å². The Hall–Kier alpha value is -1.91. The van der Waals surface area contributed by atoms with Gasteiger partial charge in [0, 0.05) is 24.3 Å². The Kier molecular flexibility index (Phi) is 3.67. The second-order valence-electron chi connectivity index (χ2n) is 5.25. The van der Waals surface area contributed by atoms with Crippen LogP contribution in [-0.2, 0) is 0 Å². The maximum atomic E-state index is 12.4. The summed E-state index contributed by atoms with van der Waals surface area (Å²) in [7, 11) is 0. The van der Waals surface area contributed by atoms with Gasteiger partial charge in [0.15, 0.2) is 11.5 Å². The average Bonchev–Trinajstić information content (AvgIpc) is 2.94. The van der Waals surface area contributed by atoms with Gasteiger partial charge < -0.3 is 19.7 Å². The Morgan fingerprint density at radius 1 is 1.35 bits per heavy atom. The van der Waals surface area contributed by atoms with Crippen LogP contribution < -0.4 is 14.8 Å². The molecule has 1 aromatic rings. The average molecular weight is 276 g/mol. The largest absolute Gasteiger partial charge is 0.454 e. The highest BCUT2D eigenvalue weighted by atomic mass is 16.7. The number of nitrogens with zero attached hydrogens (tertiary/aromatic N) is 1. The number of fused-ring (bicyclic) bond motifs is 1. The molecule has 1 N–H and O–H groups in total. The quantitative estimate of drug-likeness (QED) is 0.902. The summed E-state index contributed by atoms with van der Waals surface area (Å²) in [4.78, 5) is 14.3. The number of nitrogens with one attached hydrogen (secondary N) is 1. The number of amides is 2. The van der Waals surface area contributed by atoms with Crippen molar-refractivity contribution in [1.29, 1.82) is 0 Å². The molecule has 0 aliphatic carbocycles. The molecule has 1 saturated heterocycles. The van der Waals surface area contributed by atoms with Crippen molar-refractivity contribution in [3.05, 3.63) is 18.2 Å². The molecule has 5 heteroatoms. The smallest absolute Gasteiger partial charge is 0.322 e. The molecule has 0 saturated carbocycles. The molecule has 2 aliphatic rings. The first kappa shape index (κ1) is 13.1. The molecule has 1 atom stereocenters. The van der Waals surface area contributed by atoms with Crippen LogP contribution in [0.15, 0.2) is 18.2 Å². The number of likely N-dealkylation sites (tertiary alicyclic amines) is 1. The number of hydrogen-bond acceptors (Lipinski definition) is 3. The van der Waals surface area contributed by atoms with Crippen LogP contribution in [0.5, 0.6) is 11.5 Å². The lowest BCUT2D eigenvalue weighted by atomic mass is 10.0. The monoisotopic (exact) mass is 276 g/mol. The van der Waals surface area contributed by atoms with Gasteiger partial charge in [-0.05, 0) is 37.8 Å². The van der Waals surface area contributed by atoms with Crippen molar-refractivity contribution in [2.75, 3.05) is 18.7 Å². The molecule has 2 aliphatic heterocycles. The molecule has 0 aromatic heterocycles. The number of piperidine rings is 1. The highest BCUT2D eigenvalue weighted by Crippen LogP contribution is 2.34.